The highest BCUT2D eigenvalue weighted by molar-refractivity contribution is 7.11. The standard InChI is InChI=1S/C27H25ClF2N4O5S/c1-3-38-27(36)18-21(13-4-6-14(7-5-13)24-32-17(12-39-24)26(35)37-2)33-23(25-31-10-11-40-25)34-22(18)15-8-9-16(29)20(30)19(15)28/h8-14,22H,3-7H2,1-2H3,(H,33,34). The van der Waals surface area contributed by atoms with Gasteiger partial charge in [-0.15, -0.1) is 11.3 Å². The number of halogens is 3. The third-order valence-electron chi connectivity index (χ3n) is 6.97. The molecular weight excluding hydrogens is 566 g/mol. The Bertz CT molecular complexity index is 1480. The second kappa shape index (κ2) is 11.8. The van der Waals surface area contributed by atoms with Gasteiger partial charge >= 0.3 is 11.9 Å². The number of methoxy groups -OCH3 is 1. The summed E-state index contributed by atoms with van der Waals surface area (Å²) in [6.45, 7) is 1.79. The molecule has 0 bridgehead atoms. The van der Waals surface area contributed by atoms with Crippen molar-refractivity contribution in [3.05, 3.63) is 80.1 Å². The van der Waals surface area contributed by atoms with Crippen LogP contribution < -0.4 is 5.32 Å². The van der Waals surface area contributed by atoms with Gasteiger partial charge in [0.2, 0.25) is 0 Å². The number of carbonyl (C=O) groups excluding carboxylic acids is 2. The number of aliphatic imine (C=N–C) groups is 1. The summed E-state index contributed by atoms with van der Waals surface area (Å²) in [5.74, 6) is -2.85. The maximum atomic E-state index is 14.6. The van der Waals surface area contributed by atoms with Crippen molar-refractivity contribution >= 4 is 40.7 Å². The molecule has 2 aliphatic rings. The lowest BCUT2D eigenvalue weighted by molar-refractivity contribution is -0.139. The molecule has 0 radical (unpaired) electrons. The fourth-order valence-electron chi connectivity index (χ4n) is 5.05. The molecule has 1 aromatic carbocycles. The van der Waals surface area contributed by atoms with Crippen LogP contribution in [0.2, 0.25) is 5.02 Å². The van der Waals surface area contributed by atoms with Gasteiger partial charge in [-0.3, -0.25) is 4.99 Å². The van der Waals surface area contributed by atoms with Crippen LogP contribution in [0.1, 0.15) is 71.5 Å². The Hall–Kier alpha value is -3.64. The third-order valence-corrected chi connectivity index (χ3v) is 8.13. The lowest BCUT2D eigenvalue weighted by atomic mass is 9.78. The van der Waals surface area contributed by atoms with Crippen molar-refractivity contribution in [3.63, 3.8) is 0 Å². The smallest absolute Gasteiger partial charge is 0.360 e. The number of thiazole rings is 1. The molecule has 13 heteroatoms. The summed E-state index contributed by atoms with van der Waals surface area (Å²) in [7, 11) is 1.28. The fraction of sp³-hybridized carbons (Fsp3) is 0.370. The number of nitrogens with one attached hydrogen (secondary N) is 1. The van der Waals surface area contributed by atoms with Gasteiger partial charge in [-0.05, 0) is 44.6 Å². The van der Waals surface area contributed by atoms with Crippen molar-refractivity contribution in [2.24, 2.45) is 10.9 Å². The van der Waals surface area contributed by atoms with Gasteiger partial charge in [-0.2, -0.15) is 0 Å². The lowest BCUT2D eigenvalue weighted by Gasteiger charge is -2.34. The molecule has 1 saturated carbocycles. The van der Waals surface area contributed by atoms with E-state index in [2.05, 4.69) is 15.3 Å². The van der Waals surface area contributed by atoms with Crippen molar-refractivity contribution in [3.8, 4) is 0 Å². The number of hydrogen-bond acceptors (Lipinski definition) is 10. The molecule has 1 atom stereocenters. The van der Waals surface area contributed by atoms with Gasteiger partial charge in [0.05, 0.1) is 24.3 Å². The first-order chi connectivity index (χ1) is 19.3. The number of ether oxygens (including phenoxy) is 2. The van der Waals surface area contributed by atoms with Gasteiger partial charge in [0.15, 0.2) is 34.1 Å². The topological polar surface area (TPSA) is 116 Å². The predicted molar refractivity (Wildman–Crippen MR) is 142 cm³/mol. The highest BCUT2D eigenvalue weighted by atomic mass is 35.5. The van der Waals surface area contributed by atoms with Gasteiger partial charge in [0, 0.05) is 28.8 Å². The van der Waals surface area contributed by atoms with Gasteiger partial charge < -0.3 is 19.2 Å². The maximum Gasteiger partial charge on any atom is 0.360 e. The molecule has 5 rings (SSSR count). The van der Waals surface area contributed by atoms with E-state index in [1.165, 1.54) is 30.8 Å². The molecule has 1 N–H and O–H groups in total. The van der Waals surface area contributed by atoms with E-state index in [1.807, 2.05) is 0 Å². The molecule has 3 aromatic rings. The van der Waals surface area contributed by atoms with Gasteiger partial charge in [-0.25, -0.2) is 28.3 Å². The highest BCUT2D eigenvalue weighted by Crippen LogP contribution is 2.44. The normalized spacial score (nSPS) is 21.0. The Balaban J connectivity index is 1.52. The van der Waals surface area contributed by atoms with E-state index >= 15 is 0 Å². The number of aromatic nitrogens is 2. The molecule has 1 fully saturated rings. The second-order valence-corrected chi connectivity index (χ2v) is 10.5. The average Bonchev–Trinajstić information content (AvgIpc) is 3.69. The summed E-state index contributed by atoms with van der Waals surface area (Å²) in [6, 6.07) is 1.24. The van der Waals surface area contributed by atoms with Crippen LogP contribution in [0.4, 0.5) is 8.78 Å². The van der Waals surface area contributed by atoms with Crippen LogP contribution >= 0.6 is 22.9 Å². The number of hydrogen-bond donors (Lipinski definition) is 1. The molecule has 2 aromatic heterocycles. The van der Waals surface area contributed by atoms with Crippen LogP contribution in [-0.4, -0.2) is 41.5 Å². The van der Waals surface area contributed by atoms with Crippen molar-refractivity contribution in [2.45, 2.75) is 44.6 Å². The van der Waals surface area contributed by atoms with Crippen LogP contribution in [0, 0.1) is 17.6 Å². The van der Waals surface area contributed by atoms with Crippen molar-refractivity contribution in [1.82, 2.24) is 15.3 Å². The van der Waals surface area contributed by atoms with Crippen LogP contribution in [0.15, 0.2) is 50.7 Å². The first-order valence-electron chi connectivity index (χ1n) is 12.6. The van der Waals surface area contributed by atoms with Crippen molar-refractivity contribution in [1.29, 1.82) is 0 Å². The van der Waals surface area contributed by atoms with Crippen LogP contribution in [0.25, 0.3) is 0 Å². The Morgan fingerprint density at radius 2 is 1.93 bits per heavy atom. The third kappa shape index (κ3) is 5.37. The fourth-order valence-corrected chi connectivity index (χ4v) is 5.89. The van der Waals surface area contributed by atoms with E-state index in [9.17, 15) is 18.4 Å². The number of benzene rings is 1. The molecule has 0 spiro atoms. The SMILES string of the molecule is CCOC(=O)C1=C(C2CCC(c3nc(C(=O)OC)co3)CC2)NC(c2nccs2)=NC1c1ccc(F)c(F)c1Cl. The minimum absolute atomic E-state index is 0.0339. The molecule has 1 aliphatic carbocycles. The summed E-state index contributed by atoms with van der Waals surface area (Å²) in [5.41, 5.74) is 1.00. The number of nitrogens with zero attached hydrogens (tertiary/aromatic N) is 3. The van der Waals surface area contributed by atoms with Crippen LogP contribution in [-0.2, 0) is 14.3 Å². The number of allylic oxidation sites excluding steroid dienone is 1. The molecule has 40 heavy (non-hydrogen) atoms. The van der Waals surface area contributed by atoms with Crippen molar-refractivity contribution < 1.29 is 32.3 Å². The Morgan fingerprint density at radius 3 is 2.60 bits per heavy atom. The molecule has 210 valence electrons. The quantitative estimate of drug-likeness (QED) is 0.274. The van der Waals surface area contributed by atoms with Gasteiger partial charge in [-0.1, -0.05) is 17.7 Å². The molecule has 0 saturated heterocycles. The zero-order valence-corrected chi connectivity index (χ0v) is 23.2. The van der Waals surface area contributed by atoms with Crippen LogP contribution in [0.3, 0.4) is 0 Å². The van der Waals surface area contributed by atoms with Crippen molar-refractivity contribution in [2.75, 3.05) is 13.7 Å². The molecule has 1 unspecified atom stereocenters. The zero-order chi connectivity index (χ0) is 28.4. The van der Waals surface area contributed by atoms with E-state index < -0.39 is 34.6 Å². The minimum atomic E-state index is -1.22. The van der Waals surface area contributed by atoms with E-state index in [4.69, 9.17) is 30.5 Å². The summed E-state index contributed by atoms with van der Waals surface area (Å²) >= 11 is 7.60. The first-order valence-corrected chi connectivity index (χ1v) is 13.9. The lowest BCUT2D eigenvalue weighted by Crippen LogP contribution is -2.38. The van der Waals surface area contributed by atoms with E-state index in [1.54, 1.807) is 18.5 Å². The summed E-state index contributed by atoms with van der Waals surface area (Å²) in [4.78, 5) is 38.5. The largest absolute Gasteiger partial charge is 0.464 e. The first kappa shape index (κ1) is 27.9. The zero-order valence-electron chi connectivity index (χ0n) is 21.6. The molecular formula is C27H25ClF2N4O5S. The maximum absolute atomic E-state index is 14.6. The summed E-state index contributed by atoms with van der Waals surface area (Å²) in [6.07, 6.45) is 5.49. The van der Waals surface area contributed by atoms with E-state index in [0.717, 1.165) is 6.07 Å². The van der Waals surface area contributed by atoms with Gasteiger partial charge in [0.1, 0.15) is 12.3 Å². The predicted octanol–water partition coefficient (Wildman–Crippen LogP) is 5.73. The van der Waals surface area contributed by atoms with E-state index in [0.29, 0.717) is 48.1 Å². The molecule has 0 amide bonds. The van der Waals surface area contributed by atoms with Gasteiger partial charge in [0.25, 0.3) is 0 Å². The number of carbonyl (C=O) groups is 2. The monoisotopic (exact) mass is 590 g/mol. The number of oxazole rings is 1. The summed E-state index contributed by atoms with van der Waals surface area (Å²) < 4.78 is 44.2. The highest BCUT2D eigenvalue weighted by Gasteiger charge is 2.39. The number of amidine groups is 1. The molecule has 9 nitrogen and oxygen atoms in total. The Labute approximate surface area is 237 Å². The van der Waals surface area contributed by atoms with Crippen LogP contribution in [0.5, 0.6) is 0 Å². The molecule has 1 aliphatic heterocycles. The Morgan fingerprint density at radius 1 is 1.18 bits per heavy atom. The van der Waals surface area contributed by atoms with E-state index in [-0.39, 0.29) is 35.3 Å². The number of esters is 2. The second-order valence-electron chi connectivity index (χ2n) is 9.27. The summed E-state index contributed by atoms with van der Waals surface area (Å²) in [5, 5.41) is 5.20. The number of rotatable bonds is 7. The average molecular weight is 591 g/mol. The Kier molecular flexibility index (Phi) is 8.27. The molecule has 3 heterocycles. The minimum Gasteiger partial charge on any atom is -0.464 e.